The summed E-state index contributed by atoms with van der Waals surface area (Å²) in [6, 6.07) is 12.4. The van der Waals surface area contributed by atoms with Crippen LogP contribution in [0, 0.1) is 5.82 Å². The molecule has 1 fully saturated rings. The van der Waals surface area contributed by atoms with Crippen molar-refractivity contribution in [1.29, 1.82) is 0 Å². The van der Waals surface area contributed by atoms with Gasteiger partial charge in [-0.3, -0.25) is 4.79 Å². The number of halogens is 1. The Morgan fingerprint density at radius 2 is 2.08 bits per heavy atom. The van der Waals surface area contributed by atoms with E-state index in [9.17, 15) is 9.18 Å². The van der Waals surface area contributed by atoms with Crippen LogP contribution in [0.5, 0.6) is 0 Å². The lowest BCUT2D eigenvalue weighted by molar-refractivity contribution is -0.120. The first-order chi connectivity index (χ1) is 12.1. The van der Waals surface area contributed by atoms with E-state index < -0.39 is 0 Å². The Bertz CT molecular complexity index is 943. The zero-order chi connectivity index (χ0) is 17.4. The molecule has 0 bridgehead atoms. The maximum absolute atomic E-state index is 13.6. The molecule has 4 rings (SSSR count). The minimum Gasteiger partial charge on any atom is -0.352 e. The van der Waals surface area contributed by atoms with Gasteiger partial charge in [-0.15, -0.1) is 0 Å². The van der Waals surface area contributed by atoms with Gasteiger partial charge in [-0.25, -0.2) is 9.37 Å². The molecule has 0 aliphatic heterocycles. The Morgan fingerprint density at radius 3 is 2.84 bits per heavy atom. The summed E-state index contributed by atoms with van der Waals surface area (Å²) in [5.74, 6) is 1.30. The standard InChI is InChI=1S/C20H20FN3O/c1-24-18-9-6-13(10-17(18)23-20(24)14-7-8-14)11-19(25)22-12-15-4-2-3-5-16(15)21/h2-6,9-10,14H,7-8,11-12H2,1H3,(H,22,25). The number of benzene rings is 2. The van der Waals surface area contributed by atoms with Crippen molar-refractivity contribution in [2.24, 2.45) is 7.05 Å². The summed E-state index contributed by atoms with van der Waals surface area (Å²) in [5.41, 5.74) is 3.44. The van der Waals surface area contributed by atoms with Crippen LogP contribution in [0.3, 0.4) is 0 Å². The molecule has 4 nitrogen and oxygen atoms in total. The van der Waals surface area contributed by atoms with Crippen LogP contribution in [0.4, 0.5) is 4.39 Å². The molecule has 3 aromatic rings. The highest BCUT2D eigenvalue weighted by molar-refractivity contribution is 5.82. The van der Waals surface area contributed by atoms with Crippen LogP contribution < -0.4 is 5.32 Å². The number of aromatic nitrogens is 2. The first-order valence-electron chi connectivity index (χ1n) is 8.57. The van der Waals surface area contributed by atoms with Crippen LogP contribution in [-0.4, -0.2) is 15.5 Å². The van der Waals surface area contributed by atoms with Crippen molar-refractivity contribution in [3.63, 3.8) is 0 Å². The maximum atomic E-state index is 13.6. The van der Waals surface area contributed by atoms with Crippen molar-refractivity contribution in [3.05, 3.63) is 65.2 Å². The molecule has 1 aliphatic rings. The zero-order valence-corrected chi connectivity index (χ0v) is 14.1. The van der Waals surface area contributed by atoms with Crippen molar-refractivity contribution in [2.75, 3.05) is 0 Å². The van der Waals surface area contributed by atoms with Gasteiger partial charge in [0.15, 0.2) is 0 Å². The average molecular weight is 337 g/mol. The Balaban J connectivity index is 1.45. The second kappa shape index (κ2) is 6.31. The highest BCUT2D eigenvalue weighted by Crippen LogP contribution is 2.40. The zero-order valence-electron chi connectivity index (χ0n) is 14.1. The number of carbonyl (C=O) groups excluding carboxylic acids is 1. The number of imidazole rings is 1. The van der Waals surface area contributed by atoms with Crippen LogP contribution in [0.15, 0.2) is 42.5 Å². The second-order valence-corrected chi connectivity index (χ2v) is 6.67. The number of hydrogen-bond acceptors (Lipinski definition) is 2. The monoisotopic (exact) mass is 337 g/mol. The summed E-state index contributed by atoms with van der Waals surface area (Å²) in [7, 11) is 2.05. The summed E-state index contributed by atoms with van der Waals surface area (Å²) in [4.78, 5) is 16.9. The lowest BCUT2D eigenvalue weighted by atomic mass is 10.1. The predicted molar refractivity (Wildman–Crippen MR) is 94.6 cm³/mol. The summed E-state index contributed by atoms with van der Waals surface area (Å²) < 4.78 is 15.7. The van der Waals surface area contributed by atoms with E-state index >= 15 is 0 Å². The molecule has 1 saturated carbocycles. The van der Waals surface area contributed by atoms with Gasteiger partial charge in [0.1, 0.15) is 11.6 Å². The van der Waals surface area contributed by atoms with E-state index in [2.05, 4.69) is 9.88 Å². The van der Waals surface area contributed by atoms with Gasteiger partial charge >= 0.3 is 0 Å². The van der Waals surface area contributed by atoms with Gasteiger partial charge in [-0.05, 0) is 36.6 Å². The number of fused-ring (bicyclic) bond motifs is 1. The summed E-state index contributed by atoms with van der Waals surface area (Å²) in [6.45, 7) is 0.198. The molecule has 0 radical (unpaired) electrons. The number of rotatable bonds is 5. The summed E-state index contributed by atoms with van der Waals surface area (Å²) >= 11 is 0. The average Bonchev–Trinajstić information content (AvgIpc) is 3.39. The van der Waals surface area contributed by atoms with E-state index in [1.165, 1.54) is 18.9 Å². The third kappa shape index (κ3) is 3.27. The van der Waals surface area contributed by atoms with E-state index in [-0.39, 0.29) is 24.7 Å². The van der Waals surface area contributed by atoms with Gasteiger partial charge < -0.3 is 9.88 Å². The van der Waals surface area contributed by atoms with Crippen molar-refractivity contribution in [1.82, 2.24) is 14.9 Å². The van der Waals surface area contributed by atoms with Gasteiger partial charge in [0.2, 0.25) is 5.91 Å². The fourth-order valence-electron chi connectivity index (χ4n) is 3.16. The van der Waals surface area contributed by atoms with Crippen molar-refractivity contribution in [3.8, 4) is 0 Å². The van der Waals surface area contributed by atoms with E-state index in [1.807, 2.05) is 25.2 Å². The Kier molecular flexibility index (Phi) is 3.99. The Hall–Kier alpha value is -2.69. The molecule has 1 heterocycles. The number of aryl methyl sites for hydroxylation is 1. The highest BCUT2D eigenvalue weighted by atomic mass is 19.1. The molecule has 1 N–H and O–H groups in total. The first-order valence-corrected chi connectivity index (χ1v) is 8.57. The SMILES string of the molecule is Cn1c(C2CC2)nc2cc(CC(=O)NCc3ccccc3F)ccc21. The maximum Gasteiger partial charge on any atom is 0.224 e. The van der Waals surface area contributed by atoms with Crippen LogP contribution in [0.1, 0.15) is 35.7 Å². The molecule has 1 aromatic heterocycles. The van der Waals surface area contributed by atoms with Crippen LogP contribution in [0.2, 0.25) is 0 Å². The number of hydrogen-bond donors (Lipinski definition) is 1. The van der Waals surface area contributed by atoms with Gasteiger partial charge in [-0.2, -0.15) is 0 Å². The lowest BCUT2D eigenvalue weighted by Gasteiger charge is -2.06. The van der Waals surface area contributed by atoms with Crippen molar-refractivity contribution < 1.29 is 9.18 Å². The predicted octanol–water partition coefficient (Wildman–Crippen LogP) is 3.45. The summed E-state index contributed by atoms with van der Waals surface area (Å²) in [6.07, 6.45) is 2.69. The Labute approximate surface area is 145 Å². The minimum absolute atomic E-state index is 0.124. The Morgan fingerprint density at radius 1 is 1.28 bits per heavy atom. The van der Waals surface area contributed by atoms with E-state index in [4.69, 9.17) is 4.98 Å². The number of nitrogens with zero attached hydrogens (tertiary/aromatic N) is 2. The number of amides is 1. The van der Waals surface area contributed by atoms with Gasteiger partial charge in [0, 0.05) is 25.1 Å². The third-order valence-corrected chi connectivity index (χ3v) is 4.72. The minimum atomic E-state index is -0.301. The fraction of sp³-hybridized carbons (Fsp3) is 0.300. The van der Waals surface area contributed by atoms with E-state index in [1.54, 1.807) is 18.2 Å². The molecular formula is C20H20FN3O. The molecule has 1 amide bonds. The highest BCUT2D eigenvalue weighted by Gasteiger charge is 2.28. The van der Waals surface area contributed by atoms with Crippen molar-refractivity contribution in [2.45, 2.75) is 31.7 Å². The lowest BCUT2D eigenvalue weighted by Crippen LogP contribution is -2.25. The molecule has 25 heavy (non-hydrogen) atoms. The van der Waals surface area contributed by atoms with Crippen LogP contribution in [-0.2, 0) is 24.8 Å². The number of nitrogens with one attached hydrogen (secondary N) is 1. The van der Waals surface area contributed by atoms with Crippen molar-refractivity contribution >= 4 is 16.9 Å². The molecular weight excluding hydrogens is 317 g/mol. The molecule has 128 valence electrons. The van der Waals surface area contributed by atoms with E-state index in [0.717, 1.165) is 22.4 Å². The van der Waals surface area contributed by atoms with E-state index in [0.29, 0.717) is 11.5 Å². The van der Waals surface area contributed by atoms with Gasteiger partial charge in [0.05, 0.1) is 17.5 Å². The fourth-order valence-corrected chi connectivity index (χ4v) is 3.16. The van der Waals surface area contributed by atoms with Crippen LogP contribution in [0.25, 0.3) is 11.0 Å². The molecule has 0 saturated heterocycles. The van der Waals surface area contributed by atoms with Gasteiger partial charge in [-0.1, -0.05) is 24.3 Å². The quantitative estimate of drug-likeness (QED) is 0.775. The molecule has 0 unspecified atom stereocenters. The van der Waals surface area contributed by atoms with Gasteiger partial charge in [0.25, 0.3) is 0 Å². The number of carbonyl (C=O) groups is 1. The smallest absolute Gasteiger partial charge is 0.224 e. The normalized spacial score (nSPS) is 14.0. The largest absolute Gasteiger partial charge is 0.352 e. The molecule has 0 atom stereocenters. The topological polar surface area (TPSA) is 46.9 Å². The molecule has 5 heteroatoms. The molecule has 2 aromatic carbocycles. The van der Waals surface area contributed by atoms with Crippen LogP contribution >= 0.6 is 0 Å². The first kappa shape index (κ1) is 15.8. The molecule has 0 spiro atoms. The second-order valence-electron chi connectivity index (χ2n) is 6.67. The third-order valence-electron chi connectivity index (χ3n) is 4.72. The molecule has 1 aliphatic carbocycles. The summed E-state index contributed by atoms with van der Waals surface area (Å²) in [5, 5.41) is 2.78.